The zero-order chi connectivity index (χ0) is 21.1. The van der Waals surface area contributed by atoms with Crippen LogP contribution in [0.25, 0.3) is 11.3 Å². The molecule has 8 heteroatoms. The highest BCUT2D eigenvalue weighted by Gasteiger charge is 2.23. The van der Waals surface area contributed by atoms with Gasteiger partial charge in [0, 0.05) is 37.1 Å². The van der Waals surface area contributed by atoms with Crippen LogP contribution in [0.3, 0.4) is 0 Å². The highest BCUT2D eigenvalue weighted by Crippen LogP contribution is 2.37. The van der Waals surface area contributed by atoms with Gasteiger partial charge < -0.3 is 15.8 Å². The molecule has 2 amide bonds. The first-order valence-corrected chi connectivity index (χ1v) is 10.7. The molecule has 0 fully saturated rings. The maximum Gasteiger partial charge on any atom is 0.326 e. The first-order chi connectivity index (χ1) is 14.6. The predicted molar refractivity (Wildman–Crippen MR) is 122 cm³/mol. The number of ether oxygens (including phenoxy) is 1. The number of anilines is 2. The third-order valence-electron chi connectivity index (χ3n) is 5.11. The fraction of sp³-hybridized carbons (Fsp3) is 0.273. The molecule has 3 N–H and O–H groups in total. The fourth-order valence-corrected chi connectivity index (χ4v) is 4.30. The summed E-state index contributed by atoms with van der Waals surface area (Å²) in [6, 6.07) is 13.5. The van der Waals surface area contributed by atoms with E-state index in [2.05, 4.69) is 32.4 Å². The molecule has 1 aliphatic rings. The van der Waals surface area contributed by atoms with E-state index in [1.54, 1.807) is 15.8 Å². The van der Waals surface area contributed by atoms with E-state index in [0.717, 1.165) is 34.3 Å². The topological polar surface area (TPSA) is 85.4 Å². The monoisotopic (exact) mass is 469 g/mol. The van der Waals surface area contributed by atoms with Crippen LogP contribution in [0.5, 0.6) is 5.75 Å². The Morgan fingerprint density at radius 3 is 2.90 bits per heavy atom. The number of rotatable bonds is 5. The molecule has 1 aromatic heterocycles. The summed E-state index contributed by atoms with van der Waals surface area (Å²) in [6.07, 6.45) is 3.67. The maximum absolute atomic E-state index is 13.1. The van der Waals surface area contributed by atoms with Crippen molar-refractivity contribution in [3.8, 4) is 17.0 Å². The Morgan fingerprint density at radius 2 is 2.13 bits per heavy atom. The van der Waals surface area contributed by atoms with E-state index in [9.17, 15) is 4.79 Å². The zero-order valence-corrected chi connectivity index (χ0v) is 18.4. The van der Waals surface area contributed by atoms with Gasteiger partial charge in [0.25, 0.3) is 0 Å². The van der Waals surface area contributed by atoms with E-state index in [4.69, 9.17) is 10.5 Å². The van der Waals surface area contributed by atoms with Crippen LogP contribution >= 0.6 is 15.9 Å². The molecular formula is C22H24BrN5O2. The average Bonchev–Trinajstić information content (AvgIpc) is 3.10. The number of para-hydroxylation sites is 1. The lowest BCUT2D eigenvalue weighted by atomic mass is 10.0. The number of benzene rings is 2. The number of halogens is 1. The molecule has 0 saturated carbocycles. The quantitative estimate of drug-likeness (QED) is 0.586. The van der Waals surface area contributed by atoms with Gasteiger partial charge in [-0.1, -0.05) is 18.2 Å². The molecule has 2 heterocycles. The second-order valence-corrected chi connectivity index (χ2v) is 7.98. The Bertz CT molecular complexity index is 1050. The number of nitrogens with one attached hydrogen (secondary N) is 1. The van der Waals surface area contributed by atoms with Crippen molar-refractivity contribution in [1.82, 2.24) is 9.78 Å². The molecule has 0 spiro atoms. The molecule has 30 heavy (non-hydrogen) atoms. The van der Waals surface area contributed by atoms with Crippen LogP contribution in [0.2, 0.25) is 0 Å². The van der Waals surface area contributed by atoms with Crippen molar-refractivity contribution in [3.63, 3.8) is 0 Å². The van der Waals surface area contributed by atoms with Crippen molar-refractivity contribution in [3.05, 3.63) is 58.7 Å². The number of nitrogens with zero attached hydrogens (tertiary/aromatic N) is 3. The Hall–Kier alpha value is -2.84. The number of urea groups is 1. The van der Waals surface area contributed by atoms with Crippen molar-refractivity contribution in [1.29, 1.82) is 0 Å². The van der Waals surface area contributed by atoms with E-state index in [1.807, 2.05) is 43.4 Å². The fourth-order valence-electron chi connectivity index (χ4n) is 3.74. The van der Waals surface area contributed by atoms with Crippen LogP contribution in [0.4, 0.5) is 16.2 Å². The summed E-state index contributed by atoms with van der Waals surface area (Å²) in [6.45, 7) is 1.51. The molecule has 2 aromatic carbocycles. The molecular weight excluding hydrogens is 446 g/mol. The molecule has 7 nitrogen and oxygen atoms in total. The third kappa shape index (κ3) is 4.06. The van der Waals surface area contributed by atoms with Gasteiger partial charge in [0.1, 0.15) is 12.4 Å². The van der Waals surface area contributed by atoms with Gasteiger partial charge in [0.05, 0.1) is 16.4 Å². The molecule has 0 saturated heterocycles. The van der Waals surface area contributed by atoms with Crippen molar-refractivity contribution in [2.75, 3.05) is 29.9 Å². The third-order valence-corrected chi connectivity index (χ3v) is 5.69. The summed E-state index contributed by atoms with van der Waals surface area (Å²) >= 11 is 3.55. The second-order valence-electron chi connectivity index (χ2n) is 7.13. The molecule has 4 rings (SSSR count). The largest absolute Gasteiger partial charge is 0.492 e. The number of aromatic nitrogens is 2. The van der Waals surface area contributed by atoms with Crippen molar-refractivity contribution >= 4 is 33.3 Å². The molecule has 0 radical (unpaired) electrons. The molecule has 0 atom stereocenters. The maximum atomic E-state index is 13.1. The zero-order valence-electron chi connectivity index (χ0n) is 16.8. The number of carbonyl (C=O) groups is 1. The van der Waals surface area contributed by atoms with E-state index in [1.165, 1.54) is 5.56 Å². The SMILES string of the molecule is Cn1ncc(Br)c1-c1cc(NC(=O)N2CCCc3ccccc32)ccc1OCCN. The molecule has 3 aromatic rings. The number of fused-ring (bicyclic) bond motifs is 1. The average molecular weight is 470 g/mol. The van der Waals surface area contributed by atoms with Crippen LogP contribution in [-0.2, 0) is 13.5 Å². The number of nitrogens with two attached hydrogens (primary N) is 1. The number of amides is 2. The van der Waals surface area contributed by atoms with Crippen LogP contribution in [0.1, 0.15) is 12.0 Å². The minimum Gasteiger partial charge on any atom is -0.492 e. The van der Waals surface area contributed by atoms with Crippen LogP contribution < -0.4 is 20.7 Å². The predicted octanol–water partition coefficient (Wildman–Crippen LogP) is 4.17. The molecule has 156 valence electrons. The van der Waals surface area contributed by atoms with Gasteiger partial charge in [-0.05, 0) is 58.6 Å². The lowest BCUT2D eigenvalue weighted by molar-refractivity contribution is 0.256. The van der Waals surface area contributed by atoms with E-state index < -0.39 is 0 Å². The summed E-state index contributed by atoms with van der Waals surface area (Å²) in [5.74, 6) is 0.686. The van der Waals surface area contributed by atoms with Gasteiger partial charge >= 0.3 is 6.03 Å². The number of carbonyl (C=O) groups excluding carboxylic acids is 1. The van der Waals surface area contributed by atoms with Crippen LogP contribution in [0.15, 0.2) is 53.1 Å². The van der Waals surface area contributed by atoms with E-state index in [-0.39, 0.29) is 6.03 Å². The van der Waals surface area contributed by atoms with E-state index in [0.29, 0.717) is 31.1 Å². The number of hydrogen-bond acceptors (Lipinski definition) is 4. The van der Waals surface area contributed by atoms with E-state index >= 15 is 0 Å². The first kappa shape index (κ1) is 20.4. The smallest absolute Gasteiger partial charge is 0.326 e. The van der Waals surface area contributed by atoms with Gasteiger partial charge in [0.15, 0.2) is 0 Å². The van der Waals surface area contributed by atoms with Gasteiger partial charge in [-0.15, -0.1) is 0 Å². The number of aryl methyl sites for hydroxylation is 2. The second kappa shape index (κ2) is 8.89. The summed E-state index contributed by atoms with van der Waals surface area (Å²) in [4.78, 5) is 14.9. The standard InChI is InChI=1S/C22H24BrN5O2/c1-27-21(18(23)14-25-27)17-13-16(8-9-20(17)30-12-10-24)26-22(29)28-11-4-6-15-5-2-3-7-19(15)28/h2-3,5,7-9,13-14H,4,6,10-12,24H2,1H3,(H,26,29). The first-order valence-electron chi connectivity index (χ1n) is 9.89. The highest BCUT2D eigenvalue weighted by molar-refractivity contribution is 9.10. The Labute approximate surface area is 183 Å². The molecule has 0 unspecified atom stereocenters. The van der Waals surface area contributed by atoms with Crippen molar-refractivity contribution < 1.29 is 9.53 Å². The molecule has 0 aliphatic carbocycles. The Balaban J connectivity index is 1.64. The summed E-state index contributed by atoms with van der Waals surface area (Å²) in [5, 5.41) is 7.34. The summed E-state index contributed by atoms with van der Waals surface area (Å²) < 4.78 is 8.44. The summed E-state index contributed by atoms with van der Waals surface area (Å²) in [5.41, 5.74) is 10.2. The van der Waals surface area contributed by atoms with Crippen molar-refractivity contribution in [2.24, 2.45) is 12.8 Å². The highest BCUT2D eigenvalue weighted by atomic mass is 79.9. The Morgan fingerprint density at radius 1 is 1.30 bits per heavy atom. The van der Waals surface area contributed by atoms with Gasteiger partial charge in [-0.2, -0.15) is 5.10 Å². The summed E-state index contributed by atoms with van der Waals surface area (Å²) in [7, 11) is 1.86. The van der Waals surface area contributed by atoms with Gasteiger partial charge in [0.2, 0.25) is 0 Å². The van der Waals surface area contributed by atoms with Gasteiger partial charge in [-0.25, -0.2) is 4.79 Å². The minimum absolute atomic E-state index is 0.146. The Kier molecular flexibility index (Phi) is 6.06. The van der Waals surface area contributed by atoms with Crippen LogP contribution in [-0.4, -0.2) is 35.5 Å². The minimum atomic E-state index is -0.146. The lowest BCUT2D eigenvalue weighted by Gasteiger charge is -2.29. The lowest BCUT2D eigenvalue weighted by Crippen LogP contribution is -2.38. The molecule has 1 aliphatic heterocycles. The van der Waals surface area contributed by atoms with Crippen molar-refractivity contribution in [2.45, 2.75) is 12.8 Å². The normalized spacial score (nSPS) is 13.1. The van der Waals surface area contributed by atoms with Crippen LogP contribution in [0, 0.1) is 0 Å². The van der Waals surface area contributed by atoms with Gasteiger partial charge in [-0.3, -0.25) is 9.58 Å². The number of hydrogen-bond donors (Lipinski definition) is 2. The molecule has 0 bridgehead atoms.